The maximum Gasteiger partial charge on any atom is 0.251 e. The summed E-state index contributed by atoms with van der Waals surface area (Å²) in [4.78, 5) is 49.9. The Bertz CT molecular complexity index is 1660. The summed E-state index contributed by atoms with van der Waals surface area (Å²) in [6.07, 6.45) is 4.80. The van der Waals surface area contributed by atoms with Gasteiger partial charge in [-0.2, -0.15) is 0 Å². The minimum atomic E-state index is -0.882. The molecular formula is C39H43N3O4S. The number of nitrogens with zero attached hydrogens (tertiary/aromatic N) is 3. The third-order valence-electron chi connectivity index (χ3n) is 10.1. The molecule has 0 radical (unpaired) electrons. The summed E-state index contributed by atoms with van der Waals surface area (Å²) in [6, 6.07) is 23.6. The van der Waals surface area contributed by atoms with E-state index in [0.29, 0.717) is 19.5 Å². The van der Waals surface area contributed by atoms with Crippen molar-refractivity contribution in [3.05, 3.63) is 126 Å². The molecule has 0 aliphatic carbocycles. The second-order valence-electron chi connectivity index (χ2n) is 12.9. The average molecular weight is 650 g/mol. The van der Waals surface area contributed by atoms with Crippen molar-refractivity contribution in [2.45, 2.75) is 55.3 Å². The summed E-state index contributed by atoms with van der Waals surface area (Å²) in [6.45, 7) is 12.5. The molecule has 3 heterocycles. The molecule has 3 aromatic rings. The van der Waals surface area contributed by atoms with Crippen molar-refractivity contribution in [3.63, 3.8) is 0 Å². The minimum absolute atomic E-state index is 0.0861. The first-order chi connectivity index (χ1) is 22.7. The topological polar surface area (TPSA) is 81.2 Å². The zero-order chi connectivity index (χ0) is 33.3. The number of anilines is 1. The number of hydrogen-bond donors (Lipinski definition) is 1. The van der Waals surface area contributed by atoms with Crippen LogP contribution in [0.3, 0.4) is 0 Å². The van der Waals surface area contributed by atoms with Crippen molar-refractivity contribution in [3.8, 4) is 0 Å². The fraction of sp³-hybridized carbons (Fsp3) is 0.359. The third kappa shape index (κ3) is 5.72. The van der Waals surface area contributed by atoms with E-state index in [4.69, 9.17) is 0 Å². The molecule has 3 amide bonds. The number of aryl methyl sites for hydroxylation is 2. The molecule has 47 heavy (non-hydrogen) atoms. The number of aliphatic hydroxyl groups is 1. The van der Waals surface area contributed by atoms with Gasteiger partial charge >= 0.3 is 0 Å². The second kappa shape index (κ2) is 13.5. The van der Waals surface area contributed by atoms with E-state index >= 15 is 4.79 Å². The van der Waals surface area contributed by atoms with Gasteiger partial charge < -0.3 is 19.8 Å². The molecular weight excluding hydrogens is 607 g/mol. The van der Waals surface area contributed by atoms with E-state index in [-0.39, 0.29) is 36.1 Å². The normalized spacial score (nSPS) is 24.9. The first kappa shape index (κ1) is 32.8. The van der Waals surface area contributed by atoms with Crippen LogP contribution in [-0.4, -0.2) is 68.4 Å². The van der Waals surface area contributed by atoms with Crippen molar-refractivity contribution in [2.75, 3.05) is 24.6 Å². The zero-order valence-electron chi connectivity index (χ0n) is 27.1. The molecule has 3 fully saturated rings. The number of benzene rings is 3. The van der Waals surface area contributed by atoms with Crippen LogP contribution in [0.1, 0.15) is 41.1 Å². The maximum atomic E-state index is 15.2. The largest absolute Gasteiger partial charge is 0.394 e. The first-order valence-corrected chi connectivity index (χ1v) is 17.2. The highest BCUT2D eigenvalue weighted by molar-refractivity contribution is 8.02. The van der Waals surface area contributed by atoms with E-state index in [1.54, 1.807) is 38.6 Å². The van der Waals surface area contributed by atoms with Gasteiger partial charge in [-0.15, -0.1) is 24.9 Å². The molecule has 8 heteroatoms. The van der Waals surface area contributed by atoms with Crippen LogP contribution in [-0.2, 0) is 20.9 Å². The maximum absolute atomic E-state index is 15.2. The van der Waals surface area contributed by atoms with Crippen LogP contribution in [0.4, 0.5) is 5.69 Å². The van der Waals surface area contributed by atoms with E-state index in [2.05, 4.69) is 13.2 Å². The van der Waals surface area contributed by atoms with Gasteiger partial charge in [-0.05, 0) is 55.0 Å². The Morgan fingerprint density at radius 3 is 2.34 bits per heavy atom. The number of carbonyl (C=O) groups excluding carboxylic acids is 3. The van der Waals surface area contributed by atoms with Crippen molar-refractivity contribution in [2.24, 2.45) is 11.8 Å². The molecule has 3 aliphatic rings. The number of likely N-dealkylation sites (tertiary alicyclic amines) is 1. The number of carbonyl (C=O) groups is 3. The molecule has 1 spiro atoms. The van der Waals surface area contributed by atoms with Crippen LogP contribution in [0.5, 0.6) is 0 Å². The SMILES string of the molecule is C=CCN(Cc1ccccc1)C(=O)[C@@H]1[C@@H]2CCC3(S2)C(C(=O)N(CC=C)c2cc(C)ccc2C)N([C@H](CO)c2ccccc2)C(=O)[C@H]13. The van der Waals surface area contributed by atoms with Crippen LogP contribution >= 0.6 is 11.8 Å². The quantitative estimate of drug-likeness (QED) is 0.249. The molecule has 7 nitrogen and oxygen atoms in total. The summed E-state index contributed by atoms with van der Waals surface area (Å²) in [5.74, 6) is -1.82. The van der Waals surface area contributed by atoms with Crippen molar-refractivity contribution in [1.29, 1.82) is 0 Å². The van der Waals surface area contributed by atoms with Crippen molar-refractivity contribution >= 4 is 35.2 Å². The zero-order valence-corrected chi connectivity index (χ0v) is 27.9. The molecule has 2 unspecified atom stereocenters. The Morgan fingerprint density at radius 1 is 1.00 bits per heavy atom. The van der Waals surface area contributed by atoms with Gasteiger partial charge in [0.2, 0.25) is 11.8 Å². The molecule has 244 valence electrons. The van der Waals surface area contributed by atoms with Gasteiger partial charge in [0, 0.05) is 30.6 Å². The number of amides is 3. The summed E-state index contributed by atoms with van der Waals surface area (Å²) in [5, 5.41) is 10.8. The Balaban J connectivity index is 1.46. The third-order valence-corrected chi connectivity index (χ3v) is 12.0. The summed E-state index contributed by atoms with van der Waals surface area (Å²) >= 11 is 1.64. The fourth-order valence-electron chi connectivity index (χ4n) is 8.01. The second-order valence-corrected chi connectivity index (χ2v) is 14.5. The van der Waals surface area contributed by atoms with E-state index in [1.165, 1.54) is 0 Å². The number of rotatable bonds is 12. The Kier molecular flexibility index (Phi) is 9.44. The molecule has 3 aromatic carbocycles. The Labute approximate surface area is 281 Å². The molecule has 3 saturated heterocycles. The predicted molar refractivity (Wildman–Crippen MR) is 188 cm³/mol. The van der Waals surface area contributed by atoms with Crippen LogP contribution in [0.25, 0.3) is 0 Å². The molecule has 6 rings (SSSR count). The van der Waals surface area contributed by atoms with Crippen LogP contribution in [0, 0.1) is 25.7 Å². The van der Waals surface area contributed by atoms with E-state index in [0.717, 1.165) is 34.4 Å². The van der Waals surface area contributed by atoms with Crippen LogP contribution in [0.2, 0.25) is 0 Å². The van der Waals surface area contributed by atoms with Crippen molar-refractivity contribution < 1.29 is 19.5 Å². The van der Waals surface area contributed by atoms with Gasteiger partial charge in [0.25, 0.3) is 5.91 Å². The fourth-order valence-corrected chi connectivity index (χ4v) is 10.2. The van der Waals surface area contributed by atoms with Gasteiger partial charge in [-0.25, -0.2) is 0 Å². The van der Waals surface area contributed by atoms with Crippen LogP contribution < -0.4 is 4.90 Å². The lowest BCUT2D eigenvalue weighted by Crippen LogP contribution is -2.56. The van der Waals surface area contributed by atoms with Gasteiger partial charge in [-0.3, -0.25) is 14.4 Å². The molecule has 2 bridgehead atoms. The monoisotopic (exact) mass is 649 g/mol. The number of thioether (sulfide) groups is 1. The predicted octanol–water partition coefficient (Wildman–Crippen LogP) is 5.86. The number of aliphatic hydroxyl groups excluding tert-OH is 1. The van der Waals surface area contributed by atoms with Gasteiger partial charge in [0.15, 0.2) is 0 Å². The Morgan fingerprint density at radius 2 is 1.68 bits per heavy atom. The van der Waals surface area contributed by atoms with E-state index in [1.807, 2.05) is 92.7 Å². The summed E-state index contributed by atoms with van der Waals surface area (Å²) < 4.78 is -0.814. The molecule has 3 aliphatic heterocycles. The smallest absolute Gasteiger partial charge is 0.251 e. The number of hydrogen-bond acceptors (Lipinski definition) is 5. The first-order valence-electron chi connectivity index (χ1n) is 16.3. The lowest BCUT2D eigenvalue weighted by atomic mass is 9.70. The van der Waals surface area contributed by atoms with Gasteiger partial charge in [0.05, 0.1) is 29.2 Å². The minimum Gasteiger partial charge on any atom is -0.394 e. The summed E-state index contributed by atoms with van der Waals surface area (Å²) in [7, 11) is 0. The molecule has 0 aromatic heterocycles. The average Bonchev–Trinajstić information content (AvgIpc) is 3.73. The van der Waals surface area contributed by atoms with Gasteiger partial charge in [-0.1, -0.05) is 84.9 Å². The highest BCUT2D eigenvalue weighted by Gasteiger charge is 2.74. The lowest BCUT2D eigenvalue weighted by Gasteiger charge is -2.40. The summed E-state index contributed by atoms with van der Waals surface area (Å²) in [5.41, 5.74) is 4.48. The van der Waals surface area contributed by atoms with E-state index < -0.39 is 28.7 Å². The lowest BCUT2D eigenvalue weighted by molar-refractivity contribution is -0.145. The molecule has 6 atom stereocenters. The highest BCUT2D eigenvalue weighted by Crippen LogP contribution is 2.67. The van der Waals surface area contributed by atoms with Crippen molar-refractivity contribution in [1.82, 2.24) is 9.80 Å². The molecule has 0 saturated carbocycles. The number of fused-ring (bicyclic) bond motifs is 1. The standard InChI is InChI=1S/C39H43N3O4S/c1-5-21-40(24-28-13-9-7-10-14-28)36(44)33-32-19-20-39(47-32)34(33)37(45)42(31(25-43)29-15-11-8-12-16-29)35(39)38(46)41(22-6-2)30-23-26(3)17-18-27(30)4/h5-18,23,31-35,43H,1-2,19-22,24-25H2,3-4H3/t31-,32+,33-,34+,35?,39?/m1/s1. The molecule has 1 N–H and O–H groups in total. The van der Waals surface area contributed by atoms with Gasteiger partial charge in [0.1, 0.15) is 6.04 Å². The van der Waals surface area contributed by atoms with E-state index in [9.17, 15) is 14.7 Å². The van der Waals surface area contributed by atoms with Crippen LogP contribution in [0.15, 0.2) is 104 Å². The highest BCUT2D eigenvalue weighted by atomic mass is 32.2. The Hall–Kier alpha value is -4.14.